The molecule has 1 heterocycles. The van der Waals surface area contributed by atoms with Gasteiger partial charge >= 0.3 is 0 Å². The number of benzene rings is 2. The van der Waals surface area contributed by atoms with E-state index in [1.165, 1.54) is 0 Å². The van der Waals surface area contributed by atoms with Gasteiger partial charge in [-0.3, -0.25) is 4.79 Å². The minimum Gasteiger partial charge on any atom is -0.496 e. The summed E-state index contributed by atoms with van der Waals surface area (Å²) in [5, 5.41) is 6.41. The predicted molar refractivity (Wildman–Crippen MR) is 89.5 cm³/mol. The molecule has 5 nitrogen and oxygen atoms in total. The first-order valence-electron chi connectivity index (χ1n) is 7.64. The lowest BCUT2D eigenvalue weighted by molar-refractivity contribution is 0.0990. The summed E-state index contributed by atoms with van der Waals surface area (Å²) in [6, 6.07) is 13.3. The van der Waals surface area contributed by atoms with Gasteiger partial charge in [-0.05, 0) is 24.3 Å². The van der Waals surface area contributed by atoms with Gasteiger partial charge in [-0.1, -0.05) is 18.2 Å². The van der Waals surface area contributed by atoms with Gasteiger partial charge in [-0.2, -0.15) is 0 Å². The molecule has 0 unspecified atom stereocenters. The fourth-order valence-electron chi connectivity index (χ4n) is 2.58. The van der Waals surface area contributed by atoms with Crippen molar-refractivity contribution in [1.29, 1.82) is 0 Å². The van der Waals surface area contributed by atoms with Crippen molar-refractivity contribution in [3.63, 3.8) is 0 Å². The SMILES string of the molecule is COc1ccccc1CNCC(=O)c1ccc2c(c1)NCCO2. The molecule has 0 aromatic heterocycles. The number of methoxy groups -OCH3 is 1. The molecule has 2 aromatic rings. The second kappa shape index (κ2) is 7.15. The summed E-state index contributed by atoms with van der Waals surface area (Å²) in [5.74, 6) is 1.67. The third-order valence-corrected chi connectivity index (χ3v) is 3.77. The molecule has 0 saturated heterocycles. The van der Waals surface area contributed by atoms with Gasteiger partial charge in [0.2, 0.25) is 0 Å². The topological polar surface area (TPSA) is 59.6 Å². The molecule has 0 radical (unpaired) electrons. The molecule has 120 valence electrons. The van der Waals surface area contributed by atoms with Gasteiger partial charge in [0.25, 0.3) is 0 Å². The molecule has 0 amide bonds. The summed E-state index contributed by atoms with van der Waals surface area (Å²) in [5.41, 5.74) is 2.59. The van der Waals surface area contributed by atoms with Crippen LogP contribution in [0.4, 0.5) is 5.69 Å². The maximum atomic E-state index is 12.3. The van der Waals surface area contributed by atoms with Crippen molar-refractivity contribution >= 4 is 11.5 Å². The van der Waals surface area contributed by atoms with Crippen LogP contribution >= 0.6 is 0 Å². The summed E-state index contributed by atoms with van der Waals surface area (Å²) in [7, 11) is 1.65. The van der Waals surface area contributed by atoms with Crippen molar-refractivity contribution in [2.45, 2.75) is 6.54 Å². The quantitative estimate of drug-likeness (QED) is 0.803. The number of ketones is 1. The van der Waals surface area contributed by atoms with Crippen LogP contribution < -0.4 is 20.1 Å². The van der Waals surface area contributed by atoms with E-state index in [4.69, 9.17) is 9.47 Å². The zero-order chi connectivity index (χ0) is 16.1. The first-order chi connectivity index (χ1) is 11.3. The monoisotopic (exact) mass is 312 g/mol. The number of rotatable bonds is 6. The van der Waals surface area contributed by atoms with E-state index in [1.807, 2.05) is 36.4 Å². The van der Waals surface area contributed by atoms with Crippen molar-refractivity contribution in [2.75, 3.05) is 32.1 Å². The van der Waals surface area contributed by atoms with E-state index < -0.39 is 0 Å². The molecule has 1 aliphatic heterocycles. The summed E-state index contributed by atoms with van der Waals surface area (Å²) in [6.45, 7) is 2.28. The Bertz CT molecular complexity index is 700. The zero-order valence-electron chi connectivity index (χ0n) is 13.1. The Morgan fingerprint density at radius 3 is 3.04 bits per heavy atom. The molecule has 0 fully saturated rings. The minimum atomic E-state index is 0.0510. The third-order valence-electron chi connectivity index (χ3n) is 3.77. The number of hydrogen-bond donors (Lipinski definition) is 2. The number of para-hydroxylation sites is 1. The molecule has 1 aliphatic rings. The van der Waals surface area contributed by atoms with E-state index in [0.717, 1.165) is 29.3 Å². The van der Waals surface area contributed by atoms with Crippen LogP contribution in [0.1, 0.15) is 15.9 Å². The molecular formula is C18H20N2O3. The van der Waals surface area contributed by atoms with Gasteiger partial charge < -0.3 is 20.1 Å². The minimum absolute atomic E-state index is 0.0510. The maximum Gasteiger partial charge on any atom is 0.176 e. The van der Waals surface area contributed by atoms with Gasteiger partial charge in [0.1, 0.15) is 18.1 Å². The lowest BCUT2D eigenvalue weighted by atomic mass is 10.1. The largest absolute Gasteiger partial charge is 0.496 e. The van der Waals surface area contributed by atoms with E-state index in [-0.39, 0.29) is 12.3 Å². The van der Waals surface area contributed by atoms with Crippen molar-refractivity contribution in [2.24, 2.45) is 0 Å². The van der Waals surface area contributed by atoms with Crippen LogP contribution in [0.3, 0.4) is 0 Å². The standard InChI is InChI=1S/C18H20N2O3/c1-22-17-5-3-2-4-14(17)11-19-12-16(21)13-6-7-18-15(10-13)20-8-9-23-18/h2-7,10,19-20H,8-9,11-12H2,1H3. The van der Waals surface area contributed by atoms with Crippen LogP contribution in [0.25, 0.3) is 0 Å². The van der Waals surface area contributed by atoms with Gasteiger partial charge in [-0.25, -0.2) is 0 Å². The number of Topliss-reactive ketones (excluding diaryl/α,β-unsaturated/α-hetero) is 1. The molecule has 3 rings (SSSR count). The maximum absolute atomic E-state index is 12.3. The first kappa shape index (κ1) is 15.4. The zero-order valence-corrected chi connectivity index (χ0v) is 13.1. The third kappa shape index (κ3) is 3.63. The smallest absolute Gasteiger partial charge is 0.176 e. The Morgan fingerprint density at radius 1 is 1.30 bits per heavy atom. The predicted octanol–water partition coefficient (Wildman–Crippen LogP) is 2.47. The van der Waals surface area contributed by atoms with E-state index in [9.17, 15) is 4.79 Å². The van der Waals surface area contributed by atoms with Crippen molar-refractivity contribution < 1.29 is 14.3 Å². The Balaban J connectivity index is 1.59. The number of hydrogen-bond acceptors (Lipinski definition) is 5. The summed E-state index contributed by atoms with van der Waals surface area (Å²) in [6.07, 6.45) is 0. The van der Waals surface area contributed by atoms with Crippen LogP contribution in [0, 0.1) is 0 Å². The van der Waals surface area contributed by atoms with Crippen LogP contribution in [-0.2, 0) is 6.54 Å². The van der Waals surface area contributed by atoms with Gasteiger partial charge in [0.05, 0.1) is 19.3 Å². The molecule has 0 atom stereocenters. The number of ether oxygens (including phenoxy) is 2. The Morgan fingerprint density at radius 2 is 2.17 bits per heavy atom. The Labute approximate surface area is 135 Å². The normalized spacial score (nSPS) is 12.7. The number of carbonyl (C=O) groups is 1. The number of nitrogens with one attached hydrogen (secondary N) is 2. The number of anilines is 1. The van der Waals surface area contributed by atoms with E-state index in [2.05, 4.69) is 10.6 Å². The van der Waals surface area contributed by atoms with Crippen LogP contribution in [0.15, 0.2) is 42.5 Å². The lowest BCUT2D eigenvalue weighted by Crippen LogP contribution is -2.23. The molecule has 5 heteroatoms. The van der Waals surface area contributed by atoms with Crippen molar-refractivity contribution in [3.05, 3.63) is 53.6 Å². The molecule has 2 N–H and O–H groups in total. The number of carbonyl (C=O) groups excluding carboxylic acids is 1. The lowest BCUT2D eigenvalue weighted by Gasteiger charge is -2.19. The second-order valence-corrected chi connectivity index (χ2v) is 5.32. The molecule has 0 aliphatic carbocycles. The Kier molecular flexibility index (Phi) is 4.78. The summed E-state index contributed by atoms with van der Waals surface area (Å²) < 4.78 is 10.8. The van der Waals surface area contributed by atoms with E-state index in [1.54, 1.807) is 13.2 Å². The molecule has 23 heavy (non-hydrogen) atoms. The molecule has 0 spiro atoms. The molecular weight excluding hydrogens is 292 g/mol. The highest BCUT2D eigenvalue weighted by Gasteiger charge is 2.13. The molecule has 2 aromatic carbocycles. The highest BCUT2D eigenvalue weighted by atomic mass is 16.5. The van der Waals surface area contributed by atoms with Gasteiger partial charge in [-0.15, -0.1) is 0 Å². The van der Waals surface area contributed by atoms with E-state index >= 15 is 0 Å². The molecule has 0 saturated carbocycles. The average molecular weight is 312 g/mol. The van der Waals surface area contributed by atoms with E-state index in [0.29, 0.717) is 18.7 Å². The highest BCUT2D eigenvalue weighted by Crippen LogP contribution is 2.28. The van der Waals surface area contributed by atoms with Crippen LogP contribution in [0.5, 0.6) is 11.5 Å². The second-order valence-electron chi connectivity index (χ2n) is 5.32. The fraction of sp³-hybridized carbons (Fsp3) is 0.278. The van der Waals surface area contributed by atoms with Crippen LogP contribution in [-0.4, -0.2) is 32.6 Å². The molecule has 0 bridgehead atoms. The summed E-state index contributed by atoms with van der Waals surface area (Å²) >= 11 is 0. The van der Waals surface area contributed by atoms with Crippen molar-refractivity contribution in [3.8, 4) is 11.5 Å². The van der Waals surface area contributed by atoms with Crippen molar-refractivity contribution in [1.82, 2.24) is 5.32 Å². The first-order valence-corrected chi connectivity index (χ1v) is 7.64. The van der Waals surface area contributed by atoms with Gasteiger partial charge in [0.15, 0.2) is 5.78 Å². The number of fused-ring (bicyclic) bond motifs is 1. The Hall–Kier alpha value is -2.53. The fourth-order valence-corrected chi connectivity index (χ4v) is 2.58. The van der Waals surface area contributed by atoms with Crippen LogP contribution in [0.2, 0.25) is 0 Å². The highest BCUT2D eigenvalue weighted by molar-refractivity contribution is 5.98. The van der Waals surface area contributed by atoms with Gasteiger partial charge in [0, 0.05) is 24.2 Å². The average Bonchev–Trinajstić information content (AvgIpc) is 2.61. The summed E-state index contributed by atoms with van der Waals surface area (Å²) in [4.78, 5) is 12.3.